The number of hydrogen-bond donors (Lipinski definition) is 1. The number of nitrogens with zero attached hydrogens (tertiary/aromatic N) is 4. The van der Waals surface area contributed by atoms with Gasteiger partial charge in [0.2, 0.25) is 5.95 Å². The first-order valence-electron chi connectivity index (χ1n) is 9.33. The van der Waals surface area contributed by atoms with E-state index in [-0.39, 0.29) is 6.09 Å². The van der Waals surface area contributed by atoms with E-state index in [2.05, 4.69) is 46.2 Å². The number of carbonyl (C=O) groups is 1. The van der Waals surface area contributed by atoms with Crippen LogP contribution in [0.5, 0.6) is 0 Å². The van der Waals surface area contributed by atoms with Crippen LogP contribution in [0, 0.1) is 20.8 Å². The molecule has 1 amide bonds. The van der Waals surface area contributed by atoms with Gasteiger partial charge in [0, 0.05) is 43.6 Å². The molecule has 1 aromatic carbocycles. The summed E-state index contributed by atoms with van der Waals surface area (Å²) in [7, 11) is 0. The number of hydrogen-bond acceptors (Lipinski definition) is 6. The average Bonchev–Trinajstić information content (AvgIpc) is 2.65. The minimum absolute atomic E-state index is 0.242. The van der Waals surface area contributed by atoms with Crippen LogP contribution >= 0.6 is 0 Å². The Hall–Kier alpha value is -2.83. The smallest absolute Gasteiger partial charge is 0.409 e. The molecule has 0 atom stereocenters. The second-order valence-electron chi connectivity index (χ2n) is 6.79. The highest BCUT2D eigenvalue weighted by Crippen LogP contribution is 2.21. The summed E-state index contributed by atoms with van der Waals surface area (Å²) in [4.78, 5) is 25.0. The number of aromatic nitrogens is 2. The van der Waals surface area contributed by atoms with Crippen LogP contribution in [0.25, 0.3) is 0 Å². The summed E-state index contributed by atoms with van der Waals surface area (Å²) in [6.07, 6.45) is -0.242. The fourth-order valence-electron chi connectivity index (χ4n) is 3.05. The zero-order chi connectivity index (χ0) is 19.4. The van der Waals surface area contributed by atoms with Crippen LogP contribution in [0.3, 0.4) is 0 Å². The van der Waals surface area contributed by atoms with E-state index in [4.69, 9.17) is 4.74 Å². The van der Waals surface area contributed by atoms with Crippen molar-refractivity contribution in [2.45, 2.75) is 27.7 Å². The Morgan fingerprint density at radius 1 is 1.07 bits per heavy atom. The van der Waals surface area contributed by atoms with E-state index in [0.717, 1.165) is 30.3 Å². The number of carbonyl (C=O) groups excluding carboxylic acids is 1. The number of benzene rings is 1. The topological polar surface area (TPSA) is 70.6 Å². The normalized spacial score (nSPS) is 14.2. The lowest BCUT2D eigenvalue weighted by atomic mass is 10.1. The summed E-state index contributed by atoms with van der Waals surface area (Å²) in [5, 5.41) is 3.30. The Kier molecular flexibility index (Phi) is 5.78. The van der Waals surface area contributed by atoms with Crippen molar-refractivity contribution >= 4 is 23.5 Å². The zero-order valence-electron chi connectivity index (χ0n) is 16.5. The third kappa shape index (κ3) is 4.67. The Labute approximate surface area is 160 Å². The van der Waals surface area contributed by atoms with Gasteiger partial charge in [0.1, 0.15) is 5.82 Å². The fourth-order valence-corrected chi connectivity index (χ4v) is 3.05. The van der Waals surface area contributed by atoms with E-state index >= 15 is 0 Å². The van der Waals surface area contributed by atoms with Gasteiger partial charge in [-0.25, -0.2) is 9.78 Å². The average molecular weight is 369 g/mol. The predicted molar refractivity (Wildman–Crippen MR) is 107 cm³/mol. The van der Waals surface area contributed by atoms with Crippen LogP contribution in [0.4, 0.5) is 22.2 Å². The molecule has 144 valence electrons. The lowest BCUT2D eigenvalue weighted by molar-refractivity contribution is 0.105. The molecule has 2 heterocycles. The maximum atomic E-state index is 11.9. The van der Waals surface area contributed by atoms with Gasteiger partial charge >= 0.3 is 6.09 Å². The van der Waals surface area contributed by atoms with Gasteiger partial charge in [0.25, 0.3) is 0 Å². The summed E-state index contributed by atoms with van der Waals surface area (Å²) >= 11 is 0. The van der Waals surface area contributed by atoms with Crippen molar-refractivity contribution in [1.29, 1.82) is 0 Å². The van der Waals surface area contributed by atoms with Crippen molar-refractivity contribution in [1.82, 2.24) is 14.9 Å². The van der Waals surface area contributed by atoms with Crippen LogP contribution in [0.1, 0.15) is 23.7 Å². The molecule has 0 aliphatic carbocycles. The highest BCUT2D eigenvalue weighted by atomic mass is 16.6. The van der Waals surface area contributed by atoms with Gasteiger partial charge in [-0.3, -0.25) is 0 Å². The summed E-state index contributed by atoms with van der Waals surface area (Å²) < 4.78 is 5.08. The molecule has 7 nitrogen and oxygen atoms in total. The highest BCUT2D eigenvalue weighted by Gasteiger charge is 2.23. The maximum absolute atomic E-state index is 11.9. The quantitative estimate of drug-likeness (QED) is 0.890. The van der Waals surface area contributed by atoms with E-state index in [0.29, 0.717) is 25.6 Å². The summed E-state index contributed by atoms with van der Waals surface area (Å²) in [5.74, 6) is 1.46. The predicted octanol–water partition coefficient (Wildman–Crippen LogP) is 3.42. The van der Waals surface area contributed by atoms with Crippen molar-refractivity contribution < 1.29 is 9.53 Å². The third-order valence-corrected chi connectivity index (χ3v) is 4.73. The molecule has 1 fully saturated rings. The van der Waals surface area contributed by atoms with Gasteiger partial charge in [-0.15, -0.1) is 0 Å². The van der Waals surface area contributed by atoms with Gasteiger partial charge in [-0.2, -0.15) is 4.98 Å². The third-order valence-electron chi connectivity index (χ3n) is 4.73. The second kappa shape index (κ2) is 8.24. The van der Waals surface area contributed by atoms with Crippen molar-refractivity contribution in [3.63, 3.8) is 0 Å². The Morgan fingerprint density at radius 2 is 1.81 bits per heavy atom. The maximum Gasteiger partial charge on any atom is 0.409 e. The molecule has 0 spiro atoms. The molecular formula is C20H27N5O2. The molecule has 0 saturated carbocycles. The van der Waals surface area contributed by atoms with Gasteiger partial charge in [-0.1, -0.05) is 6.07 Å². The minimum Gasteiger partial charge on any atom is -0.450 e. The monoisotopic (exact) mass is 369 g/mol. The van der Waals surface area contributed by atoms with Crippen molar-refractivity contribution in [3.05, 3.63) is 41.1 Å². The molecule has 1 N–H and O–H groups in total. The molecule has 0 bridgehead atoms. The fraction of sp³-hybridized carbons (Fsp3) is 0.450. The number of piperazine rings is 1. The number of anilines is 3. The molecule has 2 aromatic rings. The highest BCUT2D eigenvalue weighted by molar-refractivity contribution is 5.68. The zero-order valence-corrected chi connectivity index (χ0v) is 16.5. The van der Waals surface area contributed by atoms with Crippen molar-refractivity contribution in [2.24, 2.45) is 0 Å². The number of aryl methyl sites for hydroxylation is 3. The van der Waals surface area contributed by atoms with E-state index in [9.17, 15) is 4.79 Å². The SMILES string of the molecule is CCOC(=O)N1CCN(c2cc(C)nc(Nc3ccc(C)c(C)c3)n2)CC1. The summed E-state index contributed by atoms with van der Waals surface area (Å²) in [6, 6.07) is 8.19. The van der Waals surface area contributed by atoms with Crippen LogP contribution in [0.2, 0.25) is 0 Å². The Balaban J connectivity index is 1.70. The summed E-state index contributed by atoms with van der Waals surface area (Å²) in [5.41, 5.74) is 4.36. The lowest BCUT2D eigenvalue weighted by Gasteiger charge is -2.34. The van der Waals surface area contributed by atoms with E-state index < -0.39 is 0 Å². The van der Waals surface area contributed by atoms with Gasteiger partial charge in [-0.05, 0) is 51.0 Å². The first-order chi connectivity index (χ1) is 13.0. The minimum atomic E-state index is -0.242. The van der Waals surface area contributed by atoms with Gasteiger partial charge in [0.15, 0.2) is 0 Å². The molecule has 1 aliphatic rings. The molecule has 7 heteroatoms. The lowest BCUT2D eigenvalue weighted by Crippen LogP contribution is -2.49. The van der Waals surface area contributed by atoms with E-state index in [1.807, 2.05) is 26.0 Å². The first kappa shape index (κ1) is 18.9. The Morgan fingerprint density at radius 3 is 2.48 bits per heavy atom. The molecule has 0 unspecified atom stereocenters. The number of amides is 1. The van der Waals surface area contributed by atoms with E-state index in [1.165, 1.54) is 11.1 Å². The number of nitrogens with one attached hydrogen (secondary N) is 1. The molecule has 1 aliphatic heterocycles. The van der Waals surface area contributed by atoms with Crippen LogP contribution < -0.4 is 10.2 Å². The number of rotatable bonds is 4. The number of ether oxygens (including phenoxy) is 1. The van der Waals surface area contributed by atoms with Gasteiger partial charge < -0.3 is 19.9 Å². The first-order valence-corrected chi connectivity index (χ1v) is 9.33. The molecule has 27 heavy (non-hydrogen) atoms. The van der Waals surface area contributed by atoms with Crippen molar-refractivity contribution in [2.75, 3.05) is 43.0 Å². The standard InChI is InChI=1S/C20H27N5O2/c1-5-27-20(26)25-10-8-24(9-11-25)18-13-16(4)21-19(23-18)22-17-7-6-14(2)15(3)12-17/h6-7,12-13H,5,8-11H2,1-4H3,(H,21,22,23). The van der Waals surface area contributed by atoms with Gasteiger partial charge in [0.05, 0.1) is 6.61 Å². The van der Waals surface area contributed by atoms with Crippen molar-refractivity contribution in [3.8, 4) is 0 Å². The Bertz CT molecular complexity index is 816. The molecule has 3 rings (SSSR count). The molecule has 1 saturated heterocycles. The van der Waals surface area contributed by atoms with Crippen LogP contribution in [-0.4, -0.2) is 53.7 Å². The second-order valence-corrected chi connectivity index (χ2v) is 6.79. The molecule has 1 aromatic heterocycles. The van der Waals surface area contributed by atoms with Crippen LogP contribution in [0.15, 0.2) is 24.3 Å². The molecular weight excluding hydrogens is 342 g/mol. The molecule has 0 radical (unpaired) electrons. The van der Waals surface area contributed by atoms with Crippen LogP contribution in [-0.2, 0) is 4.74 Å². The largest absolute Gasteiger partial charge is 0.450 e. The summed E-state index contributed by atoms with van der Waals surface area (Å²) in [6.45, 7) is 11.1. The van der Waals surface area contributed by atoms with E-state index in [1.54, 1.807) is 4.90 Å².